The van der Waals surface area contributed by atoms with Crippen molar-refractivity contribution in [3.8, 4) is 11.3 Å². The Morgan fingerprint density at radius 1 is 0.844 bits per heavy atom. The van der Waals surface area contributed by atoms with Crippen LogP contribution in [0.4, 0.5) is 0 Å². The van der Waals surface area contributed by atoms with Crippen molar-refractivity contribution in [2.75, 3.05) is 6.61 Å². The molecule has 32 heavy (non-hydrogen) atoms. The number of ether oxygens (including phenoxy) is 1. The Hall–Kier alpha value is -3.86. The third kappa shape index (κ3) is 2.39. The highest BCUT2D eigenvalue weighted by molar-refractivity contribution is 6.08. The predicted molar refractivity (Wildman–Crippen MR) is 120 cm³/mol. The van der Waals surface area contributed by atoms with Crippen LogP contribution in [0.5, 0.6) is 0 Å². The maximum Gasteiger partial charge on any atom is 0.311 e. The molecule has 5 heteroatoms. The van der Waals surface area contributed by atoms with E-state index in [-0.39, 0.29) is 18.4 Å². The summed E-state index contributed by atoms with van der Waals surface area (Å²) in [5.74, 6) is -1.64. The van der Waals surface area contributed by atoms with Gasteiger partial charge in [0.25, 0.3) is 0 Å². The summed E-state index contributed by atoms with van der Waals surface area (Å²) in [5, 5.41) is 0. The molecule has 5 nitrogen and oxygen atoms in total. The number of hydrogen-bond donors (Lipinski definition) is 0. The number of esters is 1. The normalized spacial score (nSPS) is 22.4. The smallest absolute Gasteiger partial charge is 0.311 e. The minimum absolute atomic E-state index is 0.0683. The van der Waals surface area contributed by atoms with E-state index in [2.05, 4.69) is 0 Å². The van der Waals surface area contributed by atoms with E-state index >= 15 is 0 Å². The quantitative estimate of drug-likeness (QED) is 0.357. The fourth-order valence-corrected chi connectivity index (χ4v) is 5.37. The van der Waals surface area contributed by atoms with Gasteiger partial charge in [0.2, 0.25) is 0 Å². The molecule has 1 spiro atoms. The molecule has 6 rings (SSSR count). The Bertz CT molecular complexity index is 1400. The monoisotopic (exact) mass is 420 g/mol. The zero-order chi connectivity index (χ0) is 21.9. The molecule has 0 saturated heterocycles. The lowest BCUT2D eigenvalue weighted by Gasteiger charge is -2.14. The lowest BCUT2D eigenvalue weighted by molar-refractivity contribution is -0.145. The van der Waals surface area contributed by atoms with Crippen LogP contribution in [-0.4, -0.2) is 28.3 Å². The second kappa shape index (κ2) is 6.82. The largest absolute Gasteiger partial charge is 0.466 e. The number of rotatable bonds is 4. The summed E-state index contributed by atoms with van der Waals surface area (Å²) >= 11 is 0. The molecular weight excluding hydrogens is 400 g/mol. The van der Waals surface area contributed by atoms with Crippen LogP contribution in [0.1, 0.15) is 28.5 Å². The Labute approximate surface area is 185 Å². The van der Waals surface area contributed by atoms with Crippen molar-refractivity contribution in [1.29, 1.82) is 0 Å². The maximum atomic E-state index is 13.7. The van der Waals surface area contributed by atoms with Crippen LogP contribution in [0, 0.1) is 11.8 Å². The summed E-state index contributed by atoms with van der Waals surface area (Å²) < 4.78 is 5.45. The molecule has 0 unspecified atom stereocenters. The van der Waals surface area contributed by atoms with E-state index in [0.29, 0.717) is 11.3 Å². The molecule has 0 aliphatic heterocycles. The third-order valence-electron chi connectivity index (χ3n) is 6.68. The second-order valence-corrected chi connectivity index (χ2v) is 8.26. The predicted octanol–water partition coefficient (Wildman–Crippen LogP) is 4.59. The Morgan fingerprint density at radius 3 is 2.25 bits per heavy atom. The zero-order valence-electron chi connectivity index (χ0n) is 17.5. The molecule has 1 aromatic heterocycles. The van der Waals surface area contributed by atoms with Crippen molar-refractivity contribution in [2.24, 2.45) is 11.8 Å². The van der Waals surface area contributed by atoms with Gasteiger partial charge in [-0.3, -0.25) is 9.59 Å². The molecule has 1 fully saturated rings. The number of carbonyl (C=O) groups excluding carboxylic acids is 2. The first-order chi connectivity index (χ1) is 15.7. The van der Waals surface area contributed by atoms with E-state index in [1.807, 2.05) is 66.7 Å². The standard InChI is InChI=1S/C27H20N2O3/c1-2-32-26(31)22-21(24(30)16-10-4-3-5-11-16)27(22)18-13-7-6-12-17(18)23-25(27)29-20-15-9-8-14-19(20)28-23/h3-15,21-22H,2H2,1H3/t21-,22-,27-/m0/s1. The summed E-state index contributed by atoms with van der Waals surface area (Å²) in [6.45, 7) is 2.04. The molecule has 1 heterocycles. The average Bonchev–Trinajstić information content (AvgIpc) is 3.46. The number of nitrogens with zero attached hydrogens (tertiary/aromatic N) is 2. The molecule has 3 aromatic carbocycles. The molecule has 156 valence electrons. The van der Waals surface area contributed by atoms with Crippen molar-refractivity contribution >= 4 is 22.8 Å². The molecule has 4 aromatic rings. The maximum absolute atomic E-state index is 13.7. The number of hydrogen-bond acceptors (Lipinski definition) is 5. The number of benzene rings is 3. The van der Waals surface area contributed by atoms with Gasteiger partial charge in [0.05, 0.1) is 46.3 Å². The van der Waals surface area contributed by atoms with Gasteiger partial charge >= 0.3 is 5.97 Å². The number of carbonyl (C=O) groups is 2. The topological polar surface area (TPSA) is 69.2 Å². The Kier molecular flexibility index (Phi) is 4.02. The van der Waals surface area contributed by atoms with Crippen LogP contribution in [0.3, 0.4) is 0 Å². The van der Waals surface area contributed by atoms with Crippen molar-refractivity contribution in [1.82, 2.24) is 9.97 Å². The lowest BCUT2D eigenvalue weighted by atomic mass is 9.90. The highest BCUT2D eigenvalue weighted by Crippen LogP contribution is 2.70. The number of para-hydroxylation sites is 2. The van der Waals surface area contributed by atoms with Gasteiger partial charge in [-0.2, -0.15) is 0 Å². The van der Waals surface area contributed by atoms with Crippen LogP contribution in [0.15, 0.2) is 78.9 Å². The lowest BCUT2D eigenvalue weighted by Crippen LogP contribution is -2.18. The van der Waals surface area contributed by atoms with E-state index in [9.17, 15) is 9.59 Å². The highest BCUT2D eigenvalue weighted by atomic mass is 16.5. The van der Waals surface area contributed by atoms with E-state index in [1.54, 1.807) is 19.1 Å². The molecule has 0 amide bonds. The molecular formula is C27H20N2O3. The minimum Gasteiger partial charge on any atom is -0.466 e. The van der Waals surface area contributed by atoms with Gasteiger partial charge in [-0.15, -0.1) is 0 Å². The molecule has 1 saturated carbocycles. The molecule has 2 aliphatic rings. The SMILES string of the molecule is CCOC(=O)[C@@H]1[C@@H](C(=O)c2ccccc2)[C@@]12c1ccccc1-c1nc3ccccc3nc12. The van der Waals surface area contributed by atoms with Crippen LogP contribution >= 0.6 is 0 Å². The summed E-state index contributed by atoms with van der Waals surface area (Å²) in [6, 6.07) is 24.7. The Balaban J connectivity index is 1.62. The number of fused-ring (bicyclic) bond motifs is 6. The Morgan fingerprint density at radius 2 is 1.50 bits per heavy atom. The van der Waals surface area contributed by atoms with Crippen molar-refractivity contribution in [3.05, 3.63) is 95.7 Å². The van der Waals surface area contributed by atoms with E-state index in [4.69, 9.17) is 14.7 Å². The van der Waals surface area contributed by atoms with Crippen molar-refractivity contribution in [3.63, 3.8) is 0 Å². The third-order valence-corrected chi connectivity index (χ3v) is 6.68. The number of ketones is 1. The van der Waals surface area contributed by atoms with Crippen LogP contribution in [-0.2, 0) is 14.9 Å². The van der Waals surface area contributed by atoms with Gasteiger partial charge in [-0.05, 0) is 24.6 Å². The van der Waals surface area contributed by atoms with Gasteiger partial charge in [0.15, 0.2) is 5.78 Å². The molecule has 2 aliphatic carbocycles. The number of Topliss-reactive ketones (excluding diaryl/α,β-unsaturated/α-hetero) is 1. The number of aromatic nitrogens is 2. The van der Waals surface area contributed by atoms with E-state index in [1.165, 1.54) is 0 Å². The van der Waals surface area contributed by atoms with E-state index < -0.39 is 17.3 Å². The van der Waals surface area contributed by atoms with Gasteiger partial charge in [0, 0.05) is 11.1 Å². The summed E-state index contributed by atoms with van der Waals surface area (Å²) in [6.07, 6.45) is 0. The first-order valence-electron chi connectivity index (χ1n) is 10.8. The summed E-state index contributed by atoms with van der Waals surface area (Å²) in [4.78, 5) is 36.8. The minimum atomic E-state index is -0.859. The highest BCUT2D eigenvalue weighted by Gasteiger charge is 2.77. The van der Waals surface area contributed by atoms with Gasteiger partial charge in [-0.1, -0.05) is 66.7 Å². The molecule has 0 bridgehead atoms. The first kappa shape index (κ1) is 18.9. The van der Waals surface area contributed by atoms with Crippen LogP contribution in [0.25, 0.3) is 22.3 Å². The average molecular weight is 420 g/mol. The molecule has 0 N–H and O–H groups in total. The first-order valence-corrected chi connectivity index (χ1v) is 10.8. The fourth-order valence-electron chi connectivity index (χ4n) is 5.37. The van der Waals surface area contributed by atoms with Gasteiger partial charge in [-0.25, -0.2) is 9.97 Å². The van der Waals surface area contributed by atoms with Crippen molar-refractivity contribution < 1.29 is 14.3 Å². The zero-order valence-corrected chi connectivity index (χ0v) is 17.5. The molecule has 3 atom stereocenters. The van der Waals surface area contributed by atoms with Crippen molar-refractivity contribution in [2.45, 2.75) is 12.3 Å². The van der Waals surface area contributed by atoms with E-state index in [0.717, 1.165) is 27.9 Å². The summed E-state index contributed by atoms with van der Waals surface area (Å²) in [5.41, 5.74) is 4.57. The second-order valence-electron chi connectivity index (χ2n) is 8.26. The molecule has 0 radical (unpaired) electrons. The summed E-state index contributed by atoms with van der Waals surface area (Å²) in [7, 11) is 0. The van der Waals surface area contributed by atoms with Crippen LogP contribution in [0.2, 0.25) is 0 Å². The van der Waals surface area contributed by atoms with Crippen LogP contribution < -0.4 is 0 Å². The van der Waals surface area contributed by atoms with Gasteiger partial charge in [0.1, 0.15) is 0 Å². The van der Waals surface area contributed by atoms with Gasteiger partial charge < -0.3 is 4.74 Å². The fraction of sp³-hybridized carbons (Fsp3) is 0.185.